The first kappa shape index (κ1) is 14.8. The number of carbonyl (C=O) groups is 1. The van der Waals surface area contributed by atoms with Gasteiger partial charge in [0.2, 0.25) is 11.0 Å². The van der Waals surface area contributed by atoms with Crippen LogP contribution in [0.4, 0.5) is 5.13 Å². The van der Waals surface area contributed by atoms with Crippen molar-refractivity contribution < 1.29 is 4.79 Å². The van der Waals surface area contributed by atoms with Gasteiger partial charge in [0.25, 0.3) is 0 Å². The molecule has 0 bridgehead atoms. The average Bonchev–Trinajstić information content (AvgIpc) is 3.14. The molecular weight excluding hydrogens is 284 g/mol. The quantitative estimate of drug-likeness (QED) is 0.931. The molecule has 1 unspecified atom stereocenters. The Balaban J connectivity index is 1.62. The highest BCUT2D eigenvalue weighted by Crippen LogP contribution is 2.32. The zero-order valence-corrected chi connectivity index (χ0v) is 13.9. The van der Waals surface area contributed by atoms with Gasteiger partial charge in [0.1, 0.15) is 5.01 Å². The van der Waals surface area contributed by atoms with Crippen molar-refractivity contribution >= 4 is 22.4 Å². The highest BCUT2D eigenvalue weighted by Gasteiger charge is 2.32. The number of piperidine rings is 1. The Hall–Kier alpha value is -1.17. The maximum atomic E-state index is 11.9. The van der Waals surface area contributed by atoms with E-state index < -0.39 is 0 Å². The molecule has 0 radical (unpaired) electrons. The second-order valence-electron chi connectivity index (χ2n) is 7.21. The number of nitrogens with zero attached hydrogens (tertiary/aromatic N) is 3. The first-order valence-corrected chi connectivity index (χ1v) is 8.64. The summed E-state index contributed by atoms with van der Waals surface area (Å²) < 4.78 is 0. The van der Waals surface area contributed by atoms with E-state index in [9.17, 15) is 4.79 Å². The highest BCUT2D eigenvalue weighted by atomic mass is 32.1. The van der Waals surface area contributed by atoms with E-state index in [0.717, 1.165) is 48.9 Å². The highest BCUT2D eigenvalue weighted by molar-refractivity contribution is 7.15. The molecule has 1 atom stereocenters. The molecule has 5 nitrogen and oxygen atoms in total. The van der Waals surface area contributed by atoms with Gasteiger partial charge in [-0.2, -0.15) is 0 Å². The number of hydrogen-bond acceptors (Lipinski definition) is 5. The summed E-state index contributed by atoms with van der Waals surface area (Å²) >= 11 is 1.68. The largest absolute Gasteiger partial charge is 0.351 e. The van der Waals surface area contributed by atoms with Crippen LogP contribution in [-0.4, -0.2) is 35.2 Å². The minimum absolute atomic E-state index is 0.0469. The third-order valence-electron chi connectivity index (χ3n) is 4.04. The summed E-state index contributed by atoms with van der Waals surface area (Å²) in [6.45, 7) is 8.34. The number of amides is 1. The summed E-state index contributed by atoms with van der Waals surface area (Å²) in [4.78, 5) is 14.2. The van der Waals surface area contributed by atoms with Gasteiger partial charge >= 0.3 is 0 Å². The van der Waals surface area contributed by atoms with Crippen LogP contribution in [-0.2, 0) is 10.2 Å². The van der Waals surface area contributed by atoms with Gasteiger partial charge in [-0.05, 0) is 25.7 Å². The predicted octanol–water partition coefficient (Wildman–Crippen LogP) is 2.33. The van der Waals surface area contributed by atoms with Gasteiger partial charge in [-0.3, -0.25) is 4.79 Å². The summed E-state index contributed by atoms with van der Waals surface area (Å²) in [5.41, 5.74) is 0.0469. The lowest BCUT2D eigenvalue weighted by molar-refractivity contribution is -0.123. The molecule has 0 spiro atoms. The van der Waals surface area contributed by atoms with Crippen LogP contribution in [0, 0.1) is 5.92 Å². The molecule has 6 heteroatoms. The van der Waals surface area contributed by atoms with E-state index in [1.807, 2.05) is 0 Å². The van der Waals surface area contributed by atoms with E-state index in [0.29, 0.717) is 0 Å². The minimum atomic E-state index is 0.0469. The van der Waals surface area contributed by atoms with Crippen LogP contribution in [0.3, 0.4) is 0 Å². The molecule has 1 amide bonds. The lowest BCUT2D eigenvalue weighted by Gasteiger charge is -2.32. The number of hydrogen-bond donors (Lipinski definition) is 1. The zero-order valence-electron chi connectivity index (χ0n) is 13.1. The second kappa shape index (κ2) is 5.55. The SMILES string of the molecule is CC(C)(C)c1nnc(N2CCCC(NC(=O)C3CC3)C2)s1. The van der Waals surface area contributed by atoms with Crippen LogP contribution in [0.1, 0.15) is 51.5 Å². The molecule has 1 saturated carbocycles. The number of aromatic nitrogens is 2. The van der Waals surface area contributed by atoms with Gasteiger partial charge in [-0.15, -0.1) is 10.2 Å². The zero-order chi connectivity index (χ0) is 15.0. The molecule has 1 saturated heterocycles. The Bertz CT molecular complexity index is 518. The Kier molecular flexibility index (Phi) is 3.90. The maximum Gasteiger partial charge on any atom is 0.223 e. The standard InChI is InChI=1S/C15H24N4OS/c1-15(2,3)13-17-18-14(21-13)19-8-4-5-11(9-19)16-12(20)10-6-7-10/h10-11H,4-9H2,1-3H3,(H,16,20). The van der Waals surface area contributed by atoms with Gasteiger partial charge < -0.3 is 10.2 Å². The average molecular weight is 308 g/mol. The van der Waals surface area contributed by atoms with E-state index in [2.05, 4.69) is 41.2 Å². The van der Waals surface area contributed by atoms with E-state index in [4.69, 9.17) is 0 Å². The molecule has 116 valence electrons. The topological polar surface area (TPSA) is 58.1 Å². The molecule has 1 N–H and O–H groups in total. The number of rotatable bonds is 3. The number of nitrogens with one attached hydrogen (secondary N) is 1. The van der Waals surface area contributed by atoms with E-state index in [1.165, 1.54) is 0 Å². The number of carbonyl (C=O) groups excluding carboxylic acids is 1. The molecule has 0 aromatic carbocycles. The first-order valence-electron chi connectivity index (χ1n) is 7.83. The normalized spacial score (nSPS) is 23.2. The van der Waals surface area contributed by atoms with Crippen molar-refractivity contribution in [2.75, 3.05) is 18.0 Å². The minimum Gasteiger partial charge on any atom is -0.351 e. The third-order valence-corrected chi connectivity index (χ3v) is 5.45. The molecule has 1 aliphatic carbocycles. The summed E-state index contributed by atoms with van der Waals surface area (Å²) in [5, 5.41) is 13.9. The lowest BCUT2D eigenvalue weighted by Crippen LogP contribution is -2.48. The molecule has 1 aromatic heterocycles. The third kappa shape index (κ3) is 3.54. The van der Waals surface area contributed by atoms with Crippen molar-refractivity contribution in [3.63, 3.8) is 0 Å². The van der Waals surface area contributed by atoms with Gasteiger partial charge in [-0.1, -0.05) is 32.1 Å². The van der Waals surface area contributed by atoms with E-state index in [1.54, 1.807) is 11.3 Å². The van der Waals surface area contributed by atoms with Gasteiger partial charge in [-0.25, -0.2) is 0 Å². The van der Waals surface area contributed by atoms with E-state index >= 15 is 0 Å². The fourth-order valence-corrected chi connectivity index (χ4v) is 3.52. The van der Waals surface area contributed by atoms with Crippen LogP contribution in [0.25, 0.3) is 0 Å². The summed E-state index contributed by atoms with van der Waals surface area (Å²) in [5.74, 6) is 0.531. The molecule has 1 aliphatic heterocycles. The Labute approximate surface area is 130 Å². The lowest BCUT2D eigenvalue weighted by atomic mass is 9.98. The fraction of sp³-hybridized carbons (Fsp3) is 0.800. The van der Waals surface area contributed by atoms with Crippen LogP contribution in [0.15, 0.2) is 0 Å². The Morgan fingerprint density at radius 1 is 1.29 bits per heavy atom. The smallest absolute Gasteiger partial charge is 0.223 e. The monoisotopic (exact) mass is 308 g/mol. The molecular formula is C15H24N4OS. The maximum absolute atomic E-state index is 11.9. The van der Waals surface area contributed by atoms with Crippen molar-refractivity contribution in [3.8, 4) is 0 Å². The molecule has 3 rings (SSSR count). The van der Waals surface area contributed by atoms with Gasteiger partial charge in [0.15, 0.2) is 0 Å². The summed E-state index contributed by atoms with van der Waals surface area (Å²) in [6.07, 6.45) is 4.29. The van der Waals surface area contributed by atoms with Crippen molar-refractivity contribution in [1.82, 2.24) is 15.5 Å². The van der Waals surface area contributed by atoms with Gasteiger partial charge in [0.05, 0.1) is 0 Å². The molecule has 1 aromatic rings. The van der Waals surface area contributed by atoms with Crippen LogP contribution in [0.5, 0.6) is 0 Å². The van der Waals surface area contributed by atoms with Gasteiger partial charge in [0, 0.05) is 30.5 Å². The molecule has 2 heterocycles. The van der Waals surface area contributed by atoms with Crippen LogP contribution < -0.4 is 10.2 Å². The van der Waals surface area contributed by atoms with Crippen molar-refractivity contribution in [2.45, 2.75) is 57.9 Å². The summed E-state index contributed by atoms with van der Waals surface area (Å²) in [7, 11) is 0. The molecule has 21 heavy (non-hydrogen) atoms. The van der Waals surface area contributed by atoms with Crippen LogP contribution >= 0.6 is 11.3 Å². The second-order valence-corrected chi connectivity index (χ2v) is 8.16. The first-order chi connectivity index (χ1) is 9.93. The molecule has 2 fully saturated rings. The Morgan fingerprint density at radius 2 is 2.05 bits per heavy atom. The van der Waals surface area contributed by atoms with E-state index in [-0.39, 0.29) is 23.3 Å². The fourth-order valence-electron chi connectivity index (χ4n) is 2.58. The van der Waals surface area contributed by atoms with Crippen molar-refractivity contribution in [1.29, 1.82) is 0 Å². The van der Waals surface area contributed by atoms with Crippen molar-refractivity contribution in [3.05, 3.63) is 5.01 Å². The summed E-state index contributed by atoms with van der Waals surface area (Å²) in [6, 6.07) is 0.258. The Morgan fingerprint density at radius 3 is 2.67 bits per heavy atom. The predicted molar refractivity (Wildman–Crippen MR) is 84.7 cm³/mol. The molecule has 2 aliphatic rings. The van der Waals surface area contributed by atoms with Crippen molar-refractivity contribution in [2.24, 2.45) is 5.92 Å². The van der Waals surface area contributed by atoms with Crippen LogP contribution in [0.2, 0.25) is 0 Å². The number of anilines is 1.